The predicted molar refractivity (Wildman–Crippen MR) is 263 cm³/mol. The molecule has 10 aromatic carbocycles. The number of hydrogen-bond acceptors (Lipinski definition) is 1. The number of para-hydroxylation sites is 3. The molecule has 0 radical (unpaired) electrons. The average Bonchev–Trinajstić information content (AvgIpc) is 3.70. The number of benzene rings is 10. The van der Waals surface area contributed by atoms with Crippen molar-refractivity contribution in [2.45, 2.75) is 0 Å². The summed E-state index contributed by atoms with van der Waals surface area (Å²) in [5, 5.41) is 2.45. The van der Waals surface area contributed by atoms with E-state index in [1.807, 2.05) is 0 Å². The standard InChI is InChI=1S/C60H42N2/c1-4-17-43(18-5-1)45-31-33-46(34-32-45)48-37-41-51(42-38-48)61(50-39-35-47(36-40-50)44-19-6-2-7-20-44)57-28-14-11-24-53(57)54-26-16-30-59-60(54)55-25-12-15-29-58(55)62(59)56-27-13-10-23-52(56)49-21-8-3-9-22-49/h1-42H. The van der Waals surface area contributed by atoms with Crippen LogP contribution in [0.4, 0.5) is 17.1 Å². The van der Waals surface area contributed by atoms with E-state index < -0.39 is 0 Å². The van der Waals surface area contributed by atoms with E-state index in [4.69, 9.17) is 0 Å². The predicted octanol–water partition coefficient (Wildman–Crippen LogP) is 16.6. The fraction of sp³-hybridized carbons (Fsp3) is 0. The number of fused-ring (bicyclic) bond motifs is 3. The van der Waals surface area contributed by atoms with E-state index in [9.17, 15) is 0 Å². The van der Waals surface area contributed by atoms with Crippen molar-refractivity contribution in [2.75, 3.05) is 4.90 Å². The third-order valence-electron chi connectivity index (χ3n) is 12.0. The summed E-state index contributed by atoms with van der Waals surface area (Å²) in [4.78, 5) is 2.41. The minimum atomic E-state index is 1.08. The van der Waals surface area contributed by atoms with E-state index in [0.717, 1.165) is 28.3 Å². The van der Waals surface area contributed by atoms with E-state index in [2.05, 4.69) is 264 Å². The molecule has 0 aliphatic heterocycles. The van der Waals surface area contributed by atoms with Gasteiger partial charge in [-0.15, -0.1) is 0 Å². The van der Waals surface area contributed by atoms with Crippen molar-refractivity contribution < 1.29 is 0 Å². The summed E-state index contributed by atoms with van der Waals surface area (Å²) < 4.78 is 2.45. The highest BCUT2D eigenvalue weighted by atomic mass is 15.1. The molecule has 0 unspecified atom stereocenters. The summed E-state index contributed by atoms with van der Waals surface area (Å²) in [6.07, 6.45) is 0. The van der Waals surface area contributed by atoms with Gasteiger partial charge in [0.25, 0.3) is 0 Å². The summed E-state index contributed by atoms with van der Waals surface area (Å²) in [5.41, 5.74) is 18.7. The van der Waals surface area contributed by atoms with Crippen LogP contribution in [0, 0.1) is 0 Å². The molecule has 1 aromatic heterocycles. The van der Waals surface area contributed by atoms with Crippen molar-refractivity contribution in [3.63, 3.8) is 0 Å². The van der Waals surface area contributed by atoms with Gasteiger partial charge in [0.2, 0.25) is 0 Å². The van der Waals surface area contributed by atoms with E-state index in [0.29, 0.717) is 0 Å². The topological polar surface area (TPSA) is 8.17 Å². The third kappa shape index (κ3) is 6.74. The number of aromatic nitrogens is 1. The van der Waals surface area contributed by atoms with Gasteiger partial charge in [-0.25, -0.2) is 0 Å². The van der Waals surface area contributed by atoms with Crippen LogP contribution in [0.25, 0.3) is 83.1 Å². The number of nitrogens with zero attached hydrogens (tertiary/aromatic N) is 2. The molecule has 62 heavy (non-hydrogen) atoms. The van der Waals surface area contributed by atoms with Gasteiger partial charge in [-0.2, -0.15) is 0 Å². The maximum absolute atomic E-state index is 2.45. The van der Waals surface area contributed by atoms with Crippen molar-refractivity contribution in [1.82, 2.24) is 4.57 Å². The second-order valence-corrected chi connectivity index (χ2v) is 15.7. The van der Waals surface area contributed by atoms with Gasteiger partial charge in [-0.05, 0) is 93.0 Å². The van der Waals surface area contributed by atoms with Crippen molar-refractivity contribution in [2.24, 2.45) is 0 Å². The molecule has 292 valence electrons. The van der Waals surface area contributed by atoms with Gasteiger partial charge >= 0.3 is 0 Å². The second-order valence-electron chi connectivity index (χ2n) is 15.7. The summed E-state index contributed by atoms with van der Waals surface area (Å²) in [7, 11) is 0. The molecule has 2 heteroatoms. The molecule has 0 atom stereocenters. The first-order valence-electron chi connectivity index (χ1n) is 21.3. The first-order chi connectivity index (χ1) is 30.8. The summed E-state index contributed by atoms with van der Waals surface area (Å²) in [6, 6.07) is 92.0. The Labute approximate surface area is 362 Å². The molecule has 0 bridgehead atoms. The zero-order valence-electron chi connectivity index (χ0n) is 34.1. The molecule has 0 spiro atoms. The second kappa shape index (κ2) is 16.1. The lowest BCUT2D eigenvalue weighted by Gasteiger charge is -2.28. The molecule has 0 aliphatic rings. The van der Waals surface area contributed by atoms with Crippen LogP contribution in [0.3, 0.4) is 0 Å². The first kappa shape index (κ1) is 36.8. The normalized spacial score (nSPS) is 11.2. The molecule has 11 aromatic rings. The maximum atomic E-state index is 2.45. The third-order valence-corrected chi connectivity index (χ3v) is 12.0. The highest BCUT2D eigenvalue weighted by Gasteiger charge is 2.22. The molecule has 11 rings (SSSR count). The Morgan fingerprint density at radius 3 is 1.24 bits per heavy atom. The van der Waals surface area contributed by atoms with Crippen LogP contribution < -0.4 is 4.90 Å². The van der Waals surface area contributed by atoms with Crippen molar-refractivity contribution in [3.8, 4) is 61.3 Å². The SMILES string of the molecule is c1ccc(-c2ccc(-c3ccc(N(c4ccc(-c5ccccc5)cc4)c4ccccc4-c4cccc5c4c4ccccc4n5-c4ccccc4-c4ccccc4)cc3)cc2)cc1. The molecule has 0 N–H and O–H groups in total. The van der Waals surface area contributed by atoms with Gasteiger partial charge in [-0.1, -0.05) is 206 Å². The van der Waals surface area contributed by atoms with Crippen LogP contribution in [-0.4, -0.2) is 4.57 Å². The van der Waals surface area contributed by atoms with Gasteiger partial charge < -0.3 is 9.47 Å². The fourth-order valence-electron chi connectivity index (χ4n) is 9.08. The van der Waals surface area contributed by atoms with Crippen molar-refractivity contribution in [3.05, 3.63) is 255 Å². The van der Waals surface area contributed by atoms with Crippen LogP contribution in [0.2, 0.25) is 0 Å². The lowest BCUT2D eigenvalue weighted by atomic mass is 9.96. The van der Waals surface area contributed by atoms with Gasteiger partial charge in [0.15, 0.2) is 0 Å². The first-order valence-corrected chi connectivity index (χ1v) is 21.3. The summed E-state index contributed by atoms with van der Waals surface area (Å²) in [6.45, 7) is 0. The largest absolute Gasteiger partial charge is 0.310 e. The van der Waals surface area contributed by atoms with E-state index in [1.165, 1.54) is 71.9 Å². The molecule has 0 saturated carbocycles. The lowest BCUT2D eigenvalue weighted by molar-refractivity contribution is 1.18. The average molecular weight is 791 g/mol. The fourth-order valence-corrected chi connectivity index (χ4v) is 9.08. The molecule has 0 saturated heterocycles. The van der Waals surface area contributed by atoms with Crippen LogP contribution in [0.5, 0.6) is 0 Å². The maximum Gasteiger partial charge on any atom is 0.0547 e. The van der Waals surface area contributed by atoms with E-state index in [1.54, 1.807) is 0 Å². The van der Waals surface area contributed by atoms with Crippen LogP contribution in [0.15, 0.2) is 255 Å². The van der Waals surface area contributed by atoms with Gasteiger partial charge in [-0.3, -0.25) is 0 Å². The molecular formula is C60H42N2. The highest BCUT2D eigenvalue weighted by molar-refractivity contribution is 6.17. The lowest BCUT2D eigenvalue weighted by Crippen LogP contribution is -2.11. The number of rotatable bonds is 9. The Bertz CT molecular complexity index is 3290. The molecule has 0 amide bonds. The minimum Gasteiger partial charge on any atom is -0.310 e. The van der Waals surface area contributed by atoms with Crippen molar-refractivity contribution in [1.29, 1.82) is 0 Å². The number of anilines is 3. The van der Waals surface area contributed by atoms with Gasteiger partial charge in [0.05, 0.1) is 22.4 Å². The van der Waals surface area contributed by atoms with E-state index in [-0.39, 0.29) is 0 Å². The smallest absolute Gasteiger partial charge is 0.0547 e. The minimum absolute atomic E-state index is 1.08. The number of hydrogen-bond donors (Lipinski definition) is 0. The monoisotopic (exact) mass is 790 g/mol. The van der Waals surface area contributed by atoms with Gasteiger partial charge in [0.1, 0.15) is 0 Å². The quantitative estimate of drug-likeness (QED) is 0.141. The molecule has 1 heterocycles. The van der Waals surface area contributed by atoms with E-state index >= 15 is 0 Å². The Hall–Kier alpha value is -8.20. The van der Waals surface area contributed by atoms with Crippen LogP contribution in [-0.2, 0) is 0 Å². The van der Waals surface area contributed by atoms with Gasteiger partial charge in [0, 0.05) is 33.3 Å². The Balaban J connectivity index is 1.07. The van der Waals surface area contributed by atoms with Crippen LogP contribution >= 0.6 is 0 Å². The Kier molecular flexibility index (Phi) is 9.57. The summed E-state index contributed by atoms with van der Waals surface area (Å²) >= 11 is 0. The Morgan fingerprint density at radius 2 is 0.661 bits per heavy atom. The highest BCUT2D eigenvalue weighted by Crippen LogP contribution is 2.46. The molecule has 2 nitrogen and oxygen atoms in total. The zero-order chi connectivity index (χ0) is 41.2. The summed E-state index contributed by atoms with van der Waals surface area (Å²) in [5.74, 6) is 0. The molecular weight excluding hydrogens is 749 g/mol. The molecule has 0 aliphatic carbocycles. The Morgan fingerprint density at radius 1 is 0.258 bits per heavy atom. The molecule has 0 fully saturated rings. The van der Waals surface area contributed by atoms with Crippen LogP contribution in [0.1, 0.15) is 0 Å². The van der Waals surface area contributed by atoms with Crippen molar-refractivity contribution >= 4 is 38.9 Å². The zero-order valence-corrected chi connectivity index (χ0v) is 34.1.